The quantitative estimate of drug-likeness (QED) is 0.688. The lowest BCUT2D eigenvalue weighted by Crippen LogP contribution is -2.32. The van der Waals surface area contributed by atoms with Crippen LogP contribution in [0.25, 0.3) is 0 Å². The predicted octanol–water partition coefficient (Wildman–Crippen LogP) is 1.86. The first-order valence-corrected chi connectivity index (χ1v) is 6.09. The first kappa shape index (κ1) is 8.53. The molecule has 2 nitrogen and oxygen atoms in total. The van der Waals surface area contributed by atoms with E-state index in [2.05, 4.69) is 22.3 Å². The Balaban J connectivity index is 2.11. The Kier molecular flexibility index (Phi) is 2.68. The van der Waals surface area contributed by atoms with Crippen molar-refractivity contribution >= 4 is 23.1 Å². The molecule has 0 radical (unpaired) electrons. The number of rotatable bonds is 1. The number of thioether (sulfide) groups is 1. The van der Waals surface area contributed by atoms with Crippen molar-refractivity contribution in [1.82, 2.24) is 9.88 Å². The van der Waals surface area contributed by atoms with E-state index < -0.39 is 0 Å². The SMILES string of the molecule is CN1CCSCC1c1nccs1. The molecule has 0 bridgehead atoms. The van der Waals surface area contributed by atoms with Crippen LogP contribution in [0.2, 0.25) is 0 Å². The minimum Gasteiger partial charge on any atom is -0.296 e. The molecule has 0 spiro atoms. The molecule has 1 saturated heterocycles. The van der Waals surface area contributed by atoms with E-state index in [4.69, 9.17) is 0 Å². The molecule has 0 aliphatic carbocycles. The normalized spacial score (nSPS) is 25.9. The van der Waals surface area contributed by atoms with Crippen molar-refractivity contribution in [3.63, 3.8) is 0 Å². The molecule has 1 unspecified atom stereocenters. The van der Waals surface area contributed by atoms with E-state index in [-0.39, 0.29) is 0 Å². The van der Waals surface area contributed by atoms with E-state index in [1.54, 1.807) is 11.3 Å². The van der Waals surface area contributed by atoms with Crippen molar-refractivity contribution in [1.29, 1.82) is 0 Å². The summed E-state index contributed by atoms with van der Waals surface area (Å²) >= 11 is 3.80. The molecule has 0 saturated carbocycles. The third kappa shape index (κ3) is 1.65. The summed E-state index contributed by atoms with van der Waals surface area (Å²) in [6.45, 7) is 1.19. The fourth-order valence-electron chi connectivity index (χ4n) is 1.35. The van der Waals surface area contributed by atoms with Gasteiger partial charge in [0, 0.05) is 29.6 Å². The van der Waals surface area contributed by atoms with Gasteiger partial charge in [-0.05, 0) is 7.05 Å². The Morgan fingerprint density at radius 1 is 1.67 bits per heavy atom. The highest BCUT2D eigenvalue weighted by atomic mass is 32.2. The van der Waals surface area contributed by atoms with Gasteiger partial charge in [-0.3, -0.25) is 4.90 Å². The summed E-state index contributed by atoms with van der Waals surface area (Å²) in [4.78, 5) is 6.75. The van der Waals surface area contributed by atoms with Crippen LogP contribution < -0.4 is 0 Å². The summed E-state index contributed by atoms with van der Waals surface area (Å²) in [5, 5.41) is 3.33. The second kappa shape index (κ2) is 3.77. The monoisotopic (exact) mass is 200 g/mol. The molecule has 1 atom stereocenters. The van der Waals surface area contributed by atoms with E-state index in [1.165, 1.54) is 23.1 Å². The topological polar surface area (TPSA) is 16.1 Å². The van der Waals surface area contributed by atoms with Crippen LogP contribution in [0.5, 0.6) is 0 Å². The van der Waals surface area contributed by atoms with Gasteiger partial charge in [0.15, 0.2) is 0 Å². The summed E-state index contributed by atoms with van der Waals surface area (Å²) in [6.07, 6.45) is 1.90. The standard InChI is InChI=1S/C8H12N2S2/c1-10-3-5-11-6-7(10)8-9-2-4-12-8/h2,4,7H,3,5-6H2,1H3. The zero-order chi connectivity index (χ0) is 8.39. The highest BCUT2D eigenvalue weighted by Crippen LogP contribution is 2.28. The summed E-state index contributed by atoms with van der Waals surface area (Å²) in [5.41, 5.74) is 0. The zero-order valence-electron chi connectivity index (χ0n) is 7.06. The van der Waals surface area contributed by atoms with Crippen molar-refractivity contribution < 1.29 is 0 Å². The van der Waals surface area contributed by atoms with Gasteiger partial charge >= 0.3 is 0 Å². The Morgan fingerprint density at radius 3 is 3.25 bits per heavy atom. The van der Waals surface area contributed by atoms with Crippen molar-refractivity contribution in [2.24, 2.45) is 0 Å². The number of thiazole rings is 1. The van der Waals surface area contributed by atoms with Crippen LogP contribution >= 0.6 is 23.1 Å². The molecule has 1 aromatic rings. The molecule has 1 aliphatic rings. The maximum absolute atomic E-state index is 4.35. The average molecular weight is 200 g/mol. The Hall–Kier alpha value is -0.0600. The molecular formula is C8H12N2S2. The van der Waals surface area contributed by atoms with Gasteiger partial charge in [0.25, 0.3) is 0 Å². The van der Waals surface area contributed by atoms with E-state index in [1.807, 2.05) is 18.0 Å². The molecule has 0 amide bonds. The molecule has 66 valence electrons. The minimum absolute atomic E-state index is 0.559. The molecule has 0 N–H and O–H groups in total. The maximum Gasteiger partial charge on any atom is 0.111 e. The maximum atomic E-state index is 4.35. The lowest BCUT2D eigenvalue weighted by molar-refractivity contribution is 0.274. The summed E-state index contributed by atoms with van der Waals surface area (Å²) in [6, 6.07) is 0.559. The van der Waals surface area contributed by atoms with Crippen molar-refractivity contribution in [3.8, 4) is 0 Å². The summed E-state index contributed by atoms with van der Waals surface area (Å²) < 4.78 is 0. The van der Waals surface area contributed by atoms with Gasteiger partial charge in [0.2, 0.25) is 0 Å². The highest BCUT2D eigenvalue weighted by Gasteiger charge is 2.22. The van der Waals surface area contributed by atoms with Gasteiger partial charge in [-0.25, -0.2) is 4.98 Å². The molecule has 1 aromatic heterocycles. The number of hydrogen-bond acceptors (Lipinski definition) is 4. The van der Waals surface area contributed by atoms with Crippen molar-refractivity contribution in [2.45, 2.75) is 6.04 Å². The Labute approximate surface area is 81.0 Å². The molecular weight excluding hydrogens is 188 g/mol. The van der Waals surface area contributed by atoms with Crippen LogP contribution in [0.15, 0.2) is 11.6 Å². The van der Waals surface area contributed by atoms with E-state index >= 15 is 0 Å². The number of nitrogens with zero attached hydrogens (tertiary/aromatic N) is 2. The number of aromatic nitrogens is 1. The van der Waals surface area contributed by atoms with Crippen LogP contribution in [-0.2, 0) is 0 Å². The second-order valence-corrected chi connectivity index (χ2v) is 5.02. The van der Waals surface area contributed by atoms with Gasteiger partial charge in [-0.15, -0.1) is 11.3 Å². The first-order chi connectivity index (χ1) is 5.88. The first-order valence-electron chi connectivity index (χ1n) is 4.05. The fourth-order valence-corrected chi connectivity index (χ4v) is 3.47. The third-order valence-electron chi connectivity index (χ3n) is 2.13. The Bertz CT molecular complexity index is 235. The third-order valence-corrected chi connectivity index (χ3v) is 4.03. The van der Waals surface area contributed by atoms with Crippen LogP contribution in [0.4, 0.5) is 0 Å². The predicted molar refractivity (Wildman–Crippen MR) is 54.8 cm³/mol. The molecule has 2 rings (SSSR count). The van der Waals surface area contributed by atoms with E-state index in [0.717, 1.165) is 0 Å². The van der Waals surface area contributed by atoms with E-state index in [0.29, 0.717) is 6.04 Å². The van der Waals surface area contributed by atoms with Crippen LogP contribution in [0, 0.1) is 0 Å². The molecule has 2 heterocycles. The zero-order valence-corrected chi connectivity index (χ0v) is 8.70. The number of hydrogen-bond donors (Lipinski definition) is 0. The lowest BCUT2D eigenvalue weighted by atomic mass is 10.3. The fraction of sp³-hybridized carbons (Fsp3) is 0.625. The van der Waals surface area contributed by atoms with Crippen LogP contribution in [0.3, 0.4) is 0 Å². The summed E-state index contributed by atoms with van der Waals surface area (Å²) in [5.74, 6) is 2.46. The Morgan fingerprint density at radius 2 is 2.58 bits per heavy atom. The van der Waals surface area contributed by atoms with Gasteiger partial charge in [0.05, 0.1) is 6.04 Å². The molecule has 4 heteroatoms. The van der Waals surface area contributed by atoms with Gasteiger partial charge in [0.1, 0.15) is 5.01 Å². The smallest absolute Gasteiger partial charge is 0.111 e. The van der Waals surface area contributed by atoms with Crippen LogP contribution in [-0.4, -0.2) is 35.0 Å². The lowest BCUT2D eigenvalue weighted by Gasteiger charge is -2.30. The van der Waals surface area contributed by atoms with Crippen molar-refractivity contribution in [3.05, 3.63) is 16.6 Å². The largest absolute Gasteiger partial charge is 0.296 e. The highest BCUT2D eigenvalue weighted by molar-refractivity contribution is 7.99. The van der Waals surface area contributed by atoms with Gasteiger partial charge < -0.3 is 0 Å². The minimum atomic E-state index is 0.559. The van der Waals surface area contributed by atoms with Gasteiger partial charge in [-0.1, -0.05) is 0 Å². The molecule has 1 fully saturated rings. The second-order valence-electron chi connectivity index (χ2n) is 2.94. The summed E-state index contributed by atoms with van der Waals surface area (Å²) in [7, 11) is 2.19. The molecule has 0 aromatic carbocycles. The van der Waals surface area contributed by atoms with Gasteiger partial charge in [-0.2, -0.15) is 11.8 Å². The van der Waals surface area contributed by atoms with Crippen LogP contribution in [0.1, 0.15) is 11.0 Å². The van der Waals surface area contributed by atoms with E-state index in [9.17, 15) is 0 Å². The molecule has 1 aliphatic heterocycles. The average Bonchev–Trinajstić information content (AvgIpc) is 2.57. The van der Waals surface area contributed by atoms with Crippen molar-refractivity contribution in [2.75, 3.05) is 25.1 Å². The molecule has 12 heavy (non-hydrogen) atoms.